The predicted octanol–water partition coefficient (Wildman–Crippen LogP) is 2.00. The van der Waals surface area contributed by atoms with Gasteiger partial charge in [0.2, 0.25) is 5.91 Å². The number of rotatable bonds is 3. The molecule has 1 amide bonds. The molecule has 3 N–H and O–H groups in total. The summed E-state index contributed by atoms with van der Waals surface area (Å²) in [5, 5.41) is 3.40. The SMILES string of the molecule is CC1CC(Nc2cccc(C(N)=O)c2)C1. The van der Waals surface area contributed by atoms with Gasteiger partial charge in [0.25, 0.3) is 0 Å². The second-order valence-corrected chi connectivity index (χ2v) is 4.36. The van der Waals surface area contributed by atoms with Crippen molar-refractivity contribution in [1.82, 2.24) is 0 Å². The smallest absolute Gasteiger partial charge is 0.248 e. The molecule has 0 atom stereocenters. The third-order valence-corrected chi connectivity index (χ3v) is 2.89. The van der Waals surface area contributed by atoms with Crippen LogP contribution in [0.1, 0.15) is 30.1 Å². The Balaban J connectivity index is 2.02. The van der Waals surface area contributed by atoms with Crippen LogP contribution in [-0.2, 0) is 0 Å². The second kappa shape index (κ2) is 3.93. The number of hydrogen-bond donors (Lipinski definition) is 2. The highest BCUT2D eigenvalue weighted by Crippen LogP contribution is 2.29. The van der Waals surface area contributed by atoms with Crippen LogP contribution in [0.2, 0.25) is 0 Å². The number of benzene rings is 1. The Bertz CT molecular complexity index is 370. The zero-order chi connectivity index (χ0) is 10.8. The van der Waals surface area contributed by atoms with Crippen LogP contribution in [0, 0.1) is 5.92 Å². The van der Waals surface area contributed by atoms with E-state index in [-0.39, 0.29) is 5.91 Å². The number of amides is 1. The fourth-order valence-electron chi connectivity index (χ4n) is 2.02. The van der Waals surface area contributed by atoms with E-state index in [0.29, 0.717) is 11.6 Å². The number of carbonyl (C=O) groups excluding carboxylic acids is 1. The van der Waals surface area contributed by atoms with Gasteiger partial charge in [0.15, 0.2) is 0 Å². The lowest BCUT2D eigenvalue weighted by Gasteiger charge is -2.34. The Hall–Kier alpha value is -1.51. The van der Waals surface area contributed by atoms with Crippen LogP contribution in [0.3, 0.4) is 0 Å². The molecule has 0 radical (unpaired) electrons. The molecule has 0 aliphatic heterocycles. The van der Waals surface area contributed by atoms with Crippen LogP contribution in [-0.4, -0.2) is 11.9 Å². The van der Waals surface area contributed by atoms with Crippen molar-refractivity contribution in [2.24, 2.45) is 11.7 Å². The summed E-state index contributed by atoms with van der Waals surface area (Å²) in [6.45, 7) is 2.25. The van der Waals surface area contributed by atoms with Gasteiger partial charge in [-0.2, -0.15) is 0 Å². The van der Waals surface area contributed by atoms with Gasteiger partial charge in [-0.25, -0.2) is 0 Å². The normalized spacial score (nSPS) is 24.3. The van der Waals surface area contributed by atoms with E-state index in [2.05, 4.69) is 12.2 Å². The molecule has 15 heavy (non-hydrogen) atoms. The summed E-state index contributed by atoms with van der Waals surface area (Å²) in [4.78, 5) is 11.0. The molecule has 3 heteroatoms. The highest BCUT2D eigenvalue weighted by atomic mass is 16.1. The number of primary amides is 1. The van der Waals surface area contributed by atoms with Crippen molar-refractivity contribution in [3.8, 4) is 0 Å². The van der Waals surface area contributed by atoms with Crippen molar-refractivity contribution in [1.29, 1.82) is 0 Å². The van der Waals surface area contributed by atoms with E-state index in [0.717, 1.165) is 11.6 Å². The molecule has 80 valence electrons. The lowest BCUT2D eigenvalue weighted by atomic mass is 9.82. The topological polar surface area (TPSA) is 55.1 Å². The Labute approximate surface area is 89.7 Å². The largest absolute Gasteiger partial charge is 0.382 e. The monoisotopic (exact) mass is 204 g/mol. The summed E-state index contributed by atoms with van der Waals surface area (Å²) in [6.07, 6.45) is 2.42. The van der Waals surface area contributed by atoms with Crippen molar-refractivity contribution in [2.45, 2.75) is 25.8 Å². The first-order valence-electron chi connectivity index (χ1n) is 5.31. The van der Waals surface area contributed by atoms with E-state index >= 15 is 0 Å². The van der Waals surface area contributed by atoms with Crippen LogP contribution in [0.15, 0.2) is 24.3 Å². The molecule has 1 fully saturated rings. The van der Waals surface area contributed by atoms with Crippen molar-refractivity contribution >= 4 is 11.6 Å². The molecule has 1 saturated carbocycles. The summed E-state index contributed by atoms with van der Waals surface area (Å²) in [5.41, 5.74) is 6.77. The highest BCUT2D eigenvalue weighted by Gasteiger charge is 2.24. The third kappa shape index (κ3) is 2.29. The molecule has 0 saturated heterocycles. The fraction of sp³-hybridized carbons (Fsp3) is 0.417. The van der Waals surface area contributed by atoms with E-state index in [1.165, 1.54) is 12.8 Å². The summed E-state index contributed by atoms with van der Waals surface area (Å²) in [7, 11) is 0. The van der Waals surface area contributed by atoms with Gasteiger partial charge >= 0.3 is 0 Å². The van der Waals surface area contributed by atoms with E-state index in [1.807, 2.05) is 18.2 Å². The average molecular weight is 204 g/mol. The number of nitrogens with one attached hydrogen (secondary N) is 1. The van der Waals surface area contributed by atoms with Gasteiger partial charge in [0.05, 0.1) is 0 Å². The molecule has 0 heterocycles. The van der Waals surface area contributed by atoms with Gasteiger partial charge in [-0.15, -0.1) is 0 Å². The molecule has 0 bridgehead atoms. The van der Waals surface area contributed by atoms with Crippen molar-refractivity contribution in [2.75, 3.05) is 5.32 Å². The number of nitrogens with two attached hydrogens (primary N) is 1. The molecule has 3 nitrogen and oxygen atoms in total. The van der Waals surface area contributed by atoms with E-state index in [9.17, 15) is 4.79 Å². The molecule has 1 aliphatic rings. The maximum absolute atomic E-state index is 11.0. The Morgan fingerprint density at radius 1 is 1.47 bits per heavy atom. The molecule has 1 aliphatic carbocycles. The summed E-state index contributed by atoms with van der Waals surface area (Å²) < 4.78 is 0. The lowest BCUT2D eigenvalue weighted by Crippen LogP contribution is -2.33. The van der Waals surface area contributed by atoms with E-state index in [4.69, 9.17) is 5.73 Å². The quantitative estimate of drug-likeness (QED) is 0.791. The van der Waals surface area contributed by atoms with Gasteiger partial charge in [0.1, 0.15) is 0 Å². The van der Waals surface area contributed by atoms with Crippen LogP contribution < -0.4 is 11.1 Å². The van der Waals surface area contributed by atoms with Gasteiger partial charge in [-0.1, -0.05) is 13.0 Å². The molecular formula is C12H16N2O. The molecule has 1 aromatic rings. The second-order valence-electron chi connectivity index (χ2n) is 4.36. The highest BCUT2D eigenvalue weighted by molar-refractivity contribution is 5.93. The van der Waals surface area contributed by atoms with Crippen molar-refractivity contribution < 1.29 is 4.79 Å². The average Bonchev–Trinajstić information content (AvgIpc) is 2.16. The van der Waals surface area contributed by atoms with Crippen LogP contribution in [0.25, 0.3) is 0 Å². The van der Waals surface area contributed by atoms with Gasteiger partial charge in [0, 0.05) is 17.3 Å². The molecular weight excluding hydrogens is 188 g/mol. The first-order chi connectivity index (χ1) is 7.15. The number of hydrogen-bond acceptors (Lipinski definition) is 2. The zero-order valence-corrected chi connectivity index (χ0v) is 8.86. The molecule has 0 unspecified atom stereocenters. The summed E-state index contributed by atoms with van der Waals surface area (Å²) in [6, 6.07) is 7.92. The minimum Gasteiger partial charge on any atom is -0.382 e. The van der Waals surface area contributed by atoms with Gasteiger partial charge < -0.3 is 11.1 Å². The number of anilines is 1. The lowest BCUT2D eigenvalue weighted by molar-refractivity contribution is 0.100. The first-order valence-corrected chi connectivity index (χ1v) is 5.31. The van der Waals surface area contributed by atoms with Crippen LogP contribution in [0.4, 0.5) is 5.69 Å². The minimum atomic E-state index is -0.374. The standard InChI is InChI=1S/C12H16N2O/c1-8-5-11(6-8)14-10-4-2-3-9(7-10)12(13)15/h2-4,7-8,11,14H,5-6H2,1H3,(H2,13,15). The molecule has 2 rings (SSSR count). The Morgan fingerprint density at radius 2 is 2.20 bits per heavy atom. The maximum atomic E-state index is 11.0. The predicted molar refractivity (Wildman–Crippen MR) is 60.8 cm³/mol. The maximum Gasteiger partial charge on any atom is 0.248 e. The van der Waals surface area contributed by atoms with Crippen molar-refractivity contribution in [3.05, 3.63) is 29.8 Å². The first kappa shape index (κ1) is 10.0. The fourth-order valence-corrected chi connectivity index (χ4v) is 2.02. The van der Waals surface area contributed by atoms with Crippen LogP contribution in [0.5, 0.6) is 0 Å². The summed E-state index contributed by atoms with van der Waals surface area (Å²) >= 11 is 0. The van der Waals surface area contributed by atoms with Crippen molar-refractivity contribution in [3.63, 3.8) is 0 Å². The summed E-state index contributed by atoms with van der Waals surface area (Å²) in [5.74, 6) is 0.447. The third-order valence-electron chi connectivity index (χ3n) is 2.89. The minimum absolute atomic E-state index is 0.374. The molecule has 0 spiro atoms. The molecule has 1 aromatic carbocycles. The van der Waals surface area contributed by atoms with E-state index in [1.54, 1.807) is 6.07 Å². The van der Waals surface area contributed by atoms with Gasteiger partial charge in [-0.3, -0.25) is 4.79 Å². The zero-order valence-electron chi connectivity index (χ0n) is 8.86. The molecule has 0 aromatic heterocycles. The van der Waals surface area contributed by atoms with E-state index < -0.39 is 0 Å². The van der Waals surface area contributed by atoms with Crippen LogP contribution >= 0.6 is 0 Å². The Morgan fingerprint density at radius 3 is 2.80 bits per heavy atom. The Kier molecular flexibility index (Phi) is 2.62. The van der Waals surface area contributed by atoms with Gasteiger partial charge in [-0.05, 0) is 37.0 Å². The number of carbonyl (C=O) groups is 1.